The fourth-order valence-corrected chi connectivity index (χ4v) is 3.35. The van der Waals surface area contributed by atoms with Crippen LogP contribution in [-0.4, -0.2) is 40.1 Å². The normalized spacial score (nSPS) is 18.3. The topological polar surface area (TPSA) is 82.5 Å². The highest BCUT2D eigenvalue weighted by molar-refractivity contribution is 7.13. The van der Waals surface area contributed by atoms with E-state index < -0.39 is 5.97 Å². The van der Waals surface area contributed by atoms with Crippen LogP contribution >= 0.6 is 11.3 Å². The largest absolute Gasteiger partial charge is 0.477 e. The summed E-state index contributed by atoms with van der Waals surface area (Å²) in [6, 6.07) is -0.0946. The first-order valence-electron chi connectivity index (χ1n) is 7.11. The Hall–Kier alpha value is -1.63. The molecule has 0 bridgehead atoms. The third-order valence-corrected chi connectivity index (χ3v) is 5.03. The van der Waals surface area contributed by atoms with Crippen LogP contribution in [0.5, 0.6) is 0 Å². The maximum absolute atomic E-state index is 12.1. The summed E-state index contributed by atoms with van der Waals surface area (Å²) in [6.45, 7) is 7.88. The molecular weight excluding hydrogens is 290 g/mol. The number of urea groups is 1. The van der Waals surface area contributed by atoms with Gasteiger partial charge in [-0.25, -0.2) is 14.6 Å². The van der Waals surface area contributed by atoms with Gasteiger partial charge < -0.3 is 15.3 Å². The van der Waals surface area contributed by atoms with Gasteiger partial charge in [-0.2, -0.15) is 0 Å². The molecule has 116 valence electrons. The van der Waals surface area contributed by atoms with E-state index in [1.165, 1.54) is 0 Å². The summed E-state index contributed by atoms with van der Waals surface area (Å²) in [6.07, 6.45) is 1.05. The third kappa shape index (κ3) is 3.72. The number of carboxylic acids is 1. The van der Waals surface area contributed by atoms with Crippen molar-refractivity contribution < 1.29 is 14.7 Å². The molecule has 1 saturated heterocycles. The van der Waals surface area contributed by atoms with Gasteiger partial charge in [-0.15, -0.1) is 11.3 Å². The molecule has 1 atom stereocenters. The molecule has 1 aliphatic rings. The molecule has 1 fully saturated rings. The van der Waals surface area contributed by atoms with Gasteiger partial charge in [0.25, 0.3) is 0 Å². The average Bonchev–Trinajstić information content (AvgIpc) is 3.02. The number of likely N-dealkylation sites (tertiary alicyclic amines) is 1. The lowest BCUT2D eigenvalue weighted by molar-refractivity contribution is 0.0701. The van der Waals surface area contributed by atoms with Crippen LogP contribution in [0, 0.1) is 18.8 Å². The molecule has 7 heteroatoms. The van der Waals surface area contributed by atoms with Gasteiger partial charge in [0.1, 0.15) is 9.88 Å². The van der Waals surface area contributed by atoms with Crippen molar-refractivity contribution in [1.29, 1.82) is 0 Å². The first kappa shape index (κ1) is 15.8. The van der Waals surface area contributed by atoms with Crippen LogP contribution in [0.25, 0.3) is 0 Å². The zero-order chi connectivity index (χ0) is 15.6. The molecule has 6 nitrogen and oxygen atoms in total. The number of amides is 2. The van der Waals surface area contributed by atoms with Crippen molar-refractivity contribution >= 4 is 23.3 Å². The Morgan fingerprint density at radius 3 is 2.76 bits per heavy atom. The minimum Gasteiger partial charge on any atom is -0.477 e. The standard InChI is InChI=1S/C14H21N3O3S/c1-8(2)10-4-5-17(7-10)14(20)15-6-11-16-9(3)12(21-11)13(18)19/h8,10H,4-7H2,1-3H3,(H,15,20)(H,18,19). The molecule has 2 heterocycles. The number of hydrogen-bond acceptors (Lipinski definition) is 4. The van der Waals surface area contributed by atoms with E-state index >= 15 is 0 Å². The van der Waals surface area contributed by atoms with E-state index in [4.69, 9.17) is 5.11 Å². The molecule has 2 rings (SSSR count). The highest BCUT2D eigenvalue weighted by atomic mass is 32.1. The first-order chi connectivity index (χ1) is 9.88. The molecule has 1 aromatic heterocycles. The Morgan fingerprint density at radius 1 is 1.52 bits per heavy atom. The second kappa shape index (κ2) is 6.43. The van der Waals surface area contributed by atoms with E-state index in [0.717, 1.165) is 30.8 Å². The quantitative estimate of drug-likeness (QED) is 0.894. The Balaban J connectivity index is 1.87. The molecule has 0 spiro atoms. The van der Waals surface area contributed by atoms with Crippen molar-refractivity contribution in [2.75, 3.05) is 13.1 Å². The molecular formula is C14H21N3O3S. The number of carbonyl (C=O) groups is 2. The molecule has 0 aliphatic carbocycles. The molecule has 1 unspecified atom stereocenters. The van der Waals surface area contributed by atoms with Gasteiger partial charge in [-0.3, -0.25) is 0 Å². The van der Waals surface area contributed by atoms with Crippen LogP contribution in [0.3, 0.4) is 0 Å². The van der Waals surface area contributed by atoms with Crippen LogP contribution in [-0.2, 0) is 6.54 Å². The van der Waals surface area contributed by atoms with Crippen molar-refractivity contribution in [2.24, 2.45) is 11.8 Å². The second-order valence-electron chi connectivity index (χ2n) is 5.72. The number of aromatic nitrogens is 1. The molecule has 2 N–H and O–H groups in total. The summed E-state index contributed by atoms with van der Waals surface area (Å²) in [7, 11) is 0. The zero-order valence-electron chi connectivity index (χ0n) is 12.5. The van der Waals surface area contributed by atoms with E-state index in [2.05, 4.69) is 24.1 Å². The number of nitrogens with one attached hydrogen (secondary N) is 1. The van der Waals surface area contributed by atoms with Crippen molar-refractivity contribution in [3.63, 3.8) is 0 Å². The first-order valence-corrected chi connectivity index (χ1v) is 7.92. The summed E-state index contributed by atoms with van der Waals surface area (Å²) in [5, 5.41) is 12.4. The van der Waals surface area contributed by atoms with Gasteiger partial charge in [-0.1, -0.05) is 13.8 Å². The smallest absolute Gasteiger partial charge is 0.347 e. The molecule has 1 aliphatic heterocycles. The summed E-state index contributed by atoms with van der Waals surface area (Å²) >= 11 is 1.11. The van der Waals surface area contributed by atoms with Crippen LogP contribution in [0.1, 0.15) is 40.6 Å². The summed E-state index contributed by atoms with van der Waals surface area (Å²) in [4.78, 5) is 29.3. The van der Waals surface area contributed by atoms with Crippen molar-refractivity contribution in [2.45, 2.75) is 33.7 Å². The molecule has 0 radical (unpaired) electrons. The number of carbonyl (C=O) groups excluding carboxylic acids is 1. The van der Waals surface area contributed by atoms with Crippen LogP contribution in [0.4, 0.5) is 4.79 Å². The van der Waals surface area contributed by atoms with Crippen molar-refractivity contribution in [3.8, 4) is 0 Å². The van der Waals surface area contributed by atoms with Crippen molar-refractivity contribution in [1.82, 2.24) is 15.2 Å². The number of rotatable bonds is 4. The molecule has 0 saturated carbocycles. The third-order valence-electron chi connectivity index (χ3n) is 3.88. The Morgan fingerprint density at radius 2 is 2.24 bits per heavy atom. The number of aromatic carboxylic acids is 1. The van der Waals surface area contributed by atoms with Gasteiger partial charge in [0.2, 0.25) is 0 Å². The fourth-order valence-electron chi connectivity index (χ4n) is 2.51. The molecule has 1 aromatic rings. The highest BCUT2D eigenvalue weighted by Gasteiger charge is 2.28. The number of aryl methyl sites for hydroxylation is 1. The van der Waals surface area contributed by atoms with Crippen LogP contribution in [0.2, 0.25) is 0 Å². The number of hydrogen-bond donors (Lipinski definition) is 2. The average molecular weight is 311 g/mol. The lowest BCUT2D eigenvalue weighted by Crippen LogP contribution is -2.38. The highest BCUT2D eigenvalue weighted by Crippen LogP contribution is 2.23. The van der Waals surface area contributed by atoms with Crippen molar-refractivity contribution in [3.05, 3.63) is 15.6 Å². The van der Waals surface area contributed by atoms with E-state index in [1.807, 2.05) is 4.90 Å². The SMILES string of the molecule is Cc1nc(CNC(=O)N2CCC(C(C)C)C2)sc1C(=O)O. The molecule has 0 aromatic carbocycles. The lowest BCUT2D eigenvalue weighted by Gasteiger charge is -2.18. The maximum atomic E-state index is 12.1. The van der Waals surface area contributed by atoms with E-state index in [0.29, 0.717) is 22.5 Å². The van der Waals surface area contributed by atoms with E-state index in [-0.39, 0.29) is 17.5 Å². The van der Waals surface area contributed by atoms with Crippen LogP contribution in [0.15, 0.2) is 0 Å². The van der Waals surface area contributed by atoms with Gasteiger partial charge in [0, 0.05) is 13.1 Å². The molecule has 2 amide bonds. The predicted octanol–water partition coefficient (Wildman–Crippen LogP) is 2.34. The molecule has 21 heavy (non-hydrogen) atoms. The number of carboxylic acid groups (broad SMARTS) is 1. The second-order valence-corrected chi connectivity index (χ2v) is 6.81. The summed E-state index contributed by atoms with van der Waals surface area (Å²) in [5.74, 6) is 0.181. The number of nitrogens with zero attached hydrogens (tertiary/aromatic N) is 2. The van der Waals surface area contributed by atoms with Gasteiger partial charge in [0.05, 0.1) is 12.2 Å². The Labute approximate surface area is 128 Å². The zero-order valence-corrected chi connectivity index (χ0v) is 13.4. The fraction of sp³-hybridized carbons (Fsp3) is 0.643. The lowest BCUT2D eigenvalue weighted by atomic mass is 9.95. The van der Waals surface area contributed by atoms with Gasteiger partial charge >= 0.3 is 12.0 Å². The minimum absolute atomic E-state index is 0.0946. The van der Waals surface area contributed by atoms with E-state index in [9.17, 15) is 9.59 Å². The van der Waals surface area contributed by atoms with Gasteiger partial charge in [-0.05, 0) is 25.2 Å². The maximum Gasteiger partial charge on any atom is 0.347 e. The summed E-state index contributed by atoms with van der Waals surface area (Å²) in [5.41, 5.74) is 0.498. The van der Waals surface area contributed by atoms with Crippen LogP contribution < -0.4 is 5.32 Å². The Kier molecular flexibility index (Phi) is 4.82. The minimum atomic E-state index is -0.970. The Bertz CT molecular complexity index is 542. The van der Waals surface area contributed by atoms with Gasteiger partial charge in [0.15, 0.2) is 0 Å². The predicted molar refractivity (Wildman–Crippen MR) is 80.6 cm³/mol. The monoisotopic (exact) mass is 311 g/mol. The summed E-state index contributed by atoms with van der Waals surface area (Å²) < 4.78 is 0. The van der Waals surface area contributed by atoms with E-state index in [1.54, 1.807) is 6.92 Å². The number of thiazole rings is 1.